The highest BCUT2D eigenvalue weighted by Crippen LogP contribution is 2.61. The van der Waals surface area contributed by atoms with Crippen LogP contribution in [0.5, 0.6) is 11.5 Å². The second kappa shape index (κ2) is 6.96. The van der Waals surface area contributed by atoms with E-state index in [9.17, 15) is 8.42 Å². The molecule has 0 unspecified atom stereocenters. The molecule has 6 heteroatoms. The zero-order valence-electron chi connectivity index (χ0n) is 16.5. The first-order chi connectivity index (χ1) is 12.9. The van der Waals surface area contributed by atoms with Gasteiger partial charge in [0.2, 0.25) is 10.0 Å². The molecule has 0 aliphatic heterocycles. The monoisotopic (exact) mass is 393 g/mol. The van der Waals surface area contributed by atoms with E-state index in [4.69, 9.17) is 9.47 Å². The lowest BCUT2D eigenvalue weighted by molar-refractivity contribution is -0.0704. The molecule has 0 amide bonds. The van der Waals surface area contributed by atoms with Crippen LogP contribution in [0.2, 0.25) is 0 Å². The summed E-state index contributed by atoms with van der Waals surface area (Å²) < 4.78 is 40.2. The van der Waals surface area contributed by atoms with Crippen LogP contribution in [0.15, 0.2) is 23.1 Å². The van der Waals surface area contributed by atoms with Crippen molar-refractivity contribution in [3.63, 3.8) is 0 Å². The summed E-state index contributed by atoms with van der Waals surface area (Å²) in [6, 6.07) is 4.90. The zero-order valence-corrected chi connectivity index (χ0v) is 17.3. The van der Waals surface area contributed by atoms with Crippen LogP contribution in [-0.4, -0.2) is 28.7 Å². The molecule has 0 radical (unpaired) electrons. The molecule has 4 fully saturated rings. The molecule has 4 aliphatic carbocycles. The molecular weight excluding hydrogens is 362 g/mol. The predicted octanol–water partition coefficient (Wildman–Crippen LogP) is 3.98. The maximum Gasteiger partial charge on any atom is 0.244 e. The molecule has 5 nitrogen and oxygen atoms in total. The minimum atomic E-state index is -3.70. The molecule has 5 rings (SSSR count). The van der Waals surface area contributed by atoms with Gasteiger partial charge in [0.1, 0.15) is 16.4 Å². The first kappa shape index (κ1) is 19.1. The summed E-state index contributed by atoms with van der Waals surface area (Å²) in [6.07, 6.45) is 8.40. The standard InChI is InChI=1S/C21H31NO4S/c1-4-20(21-11-14-7-15(12-21)9-16(8-14)13-21)22-27(23,24)19-10-17(25-2)5-6-18(19)26-3/h5-6,10,14-16,20,22H,4,7-9,11-13H2,1-3H3/t14?,15?,16?,20-,21?/m0/s1. The number of hydrogen-bond donors (Lipinski definition) is 1. The number of hydrogen-bond acceptors (Lipinski definition) is 4. The fraction of sp³-hybridized carbons (Fsp3) is 0.714. The van der Waals surface area contributed by atoms with Crippen LogP contribution in [-0.2, 0) is 10.0 Å². The second-order valence-electron chi connectivity index (χ2n) is 8.88. The highest BCUT2D eigenvalue weighted by Gasteiger charge is 2.54. The quantitative estimate of drug-likeness (QED) is 0.761. The van der Waals surface area contributed by atoms with Crippen molar-refractivity contribution < 1.29 is 17.9 Å². The van der Waals surface area contributed by atoms with Crippen LogP contribution in [0, 0.1) is 23.2 Å². The highest BCUT2D eigenvalue weighted by molar-refractivity contribution is 7.89. The summed E-state index contributed by atoms with van der Waals surface area (Å²) in [4.78, 5) is 0.160. The highest BCUT2D eigenvalue weighted by atomic mass is 32.2. The van der Waals surface area contributed by atoms with Crippen LogP contribution in [0.25, 0.3) is 0 Å². The number of sulfonamides is 1. The maximum absolute atomic E-state index is 13.3. The summed E-state index contributed by atoms with van der Waals surface area (Å²) >= 11 is 0. The number of rotatable bonds is 7. The van der Waals surface area contributed by atoms with E-state index in [1.54, 1.807) is 18.2 Å². The average molecular weight is 394 g/mol. The van der Waals surface area contributed by atoms with Gasteiger partial charge in [-0.3, -0.25) is 0 Å². The Morgan fingerprint density at radius 2 is 1.67 bits per heavy atom. The number of ether oxygens (including phenoxy) is 2. The van der Waals surface area contributed by atoms with Gasteiger partial charge in [0.25, 0.3) is 0 Å². The molecule has 1 atom stereocenters. The summed E-state index contributed by atoms with van der Waals surface area (Å²) in [5.41, 5.74) is 0.128. The van der Waals surface area contributed by atoms with Crippen molar-refractivity contribution >= 4 is 10.0 Å². The number of benzene rings is 1. The van der Waals surface area contributed by atoms with Crippen LogP contribution >= 0.6 is 0 Å². The van der Waals surface area contributed by atoms with Gasteiger partial charge in [0.15, 0.2) is 0 Å². The molecule has 0 spiro atoms. The molecule has 4 saturated carbocycles. The molecule has 1 N–H and O–H groups in total. The topological polar surface area (TPSA) is 64.6 Å². The molecule has 0 saturated heterocycles. The lowest BCUT2D eigenvalue weighted by Gasteiger charge is -2.59. The Bertz CT molecular complexity index is 769. The van der Waals surface area contributed by atoms with E-state index in [-0.39, 0.29) is 16.4 Å². The Hall–Kier alpha value is -1.27. The van der Waals surface area contributed by atoms with Crippen molar-refractivity contribution in [1.29, 1.82) is 0 Å². The summed E-state index contributed by atoms with van der Waals surface area (Å²) in [5.74, 6) is 3.24. The van der Waals surface area contributed by atoms with E-state index in [0.29, 0.717) is 11.5 Å². The largest absolute Gasteiger partial charge is 0.497 e. The molecule has 27 heavy (non-hydrogen) atoms. The molecule has 0 aromatic heterocycles. The van der Waals surface area contributed by atoms with E-state index < -0.39 is 10.0 Å². The fourth-order valence-electron chi connectivity index (χ4n) is 6.49. The van der Waals surface area contributed by atoms with Crippen molar-refractivity contribution in [3.05, 3.63) is 18.2 Å². The van der Waals surface area contributed by atoms with Crippen LogP contribution < -0.4 is 14.2 Å². The Balaban J connectivity index is 1.64. The Morgan fingerprint density at radius 1 is 1.07 bits per heavy atom. The van der Waals surface area contributed by atoms with Gasteiger partial charge >= 0.3 is 0 Å². The van der Waals surface area contributed by atoms with Gasteiger partial charge in [-0.05, 0) is 80.2 Å². The molecule has 1 aromatic rings. The number of methoxy groups -OCH3 is 2. The third kappa shape index (κ3) is 3.35. The minimum Gasteiger partial charge on any atom is -0.497 e. The maximum atomic E-state index is 13.3. The third-order valence-corrected chi connectivity index (χ3v) is 8.68. The van der Waals surface area contributed by atoms with Gasteiger partial charge in [0, 0.05) is 12.1 Å². The van der Waals surface area contributed by atoms with Gasteiger partial charge in [-0.25, -0.2) is 13.1 Å². The Kier molecular flexibility index (Phi) is 4.91. The average Bonchev–Trinajstić information content (AvgIpc) is 2.64. The van der Waals surface area contributed by atoms with Gasteiger partial charge in [-0.2, -0.15) is 0 Å². The van der Waals surface area contributed by atoms with Crippen molar-refractivity contribution in [1.82, 2.24) is 4.72 Å². The predicted molar refractivity (Wildman–Crippen MR) is 105 cm³/mol. The van der Waals surface area contributed by atoms with E-state index >= 15 is 0 Å². The lowest BCUT2D eigenvalue weighted by atomic mass is 9.47. The minimum absolute atomic E-state index is 0.0215. The van der Waals surface area contributed by atoms with Gasteiger partial charge in [-0.1, -0.05) is 6.92 Å². The molecule has 150 valence electrons. The first-order valence-corrected chi connectivity index (χ1v) is 11.6. The van der Waals surface area contributed by atoms with Crippen molar-refractivity contribution in [2.45, 2.75) is 62.8 Å². The molecule has 0 heterocycles. The molecule has 4 bridgehead atoms. The molecule has 4 aliphatic rings. The van der Waals surface area contributed by atoms with E-state index in [1.807, 2.05) is 0 Å². The number of nitrogens with one attached hydrogen (secondary N) is 1. The lowest BCUT2D eigenvalue weighted by Crippen LogP contribution is -2.56. The third-order valence-electron chi connectivity index (χ3n) is 7.19. The normalized spacial score (nSPS) is 33.1. The van der Waals surface area contributed by atoms with E-state index in [0.717, 1.165) is 24.2 Å². The van der Waals surface area contributed by atoms with E-state index in [2.05, 4.69) is 11.6 Å². The van der Waals surface area contributed by atoms with Gasteiger partial charge < -0.3 is 9.47 Å². The second-order valence-corrected chi connectivity index (χ2v) is 10.6. The Morgan fingerprint density at radius 3 is 2.15 bits per heavy atom. The summed E-state index contributed by atoms with van der Waals surface area (Å²) in [7, 11) is -0.661. The SMILES string of the molecule is CC[C@H](NS(=O)(=O)c1cc(OC)ccc1OC)C12CC3CC(CC(C3)C1)C2. The van der Waals surface area contributed by atoms with Crippen LogP contribution in [0.3, 0.4) is 0 Å². The smallest absolute Gasteiger partial charge is 0.244 e. The zero-order chi connectivity index (χ0) is 19.2. The first-order valence-electron chi connectivity index (χ1n) is 10.1. The van der Waals surface area contributed by atoms with Crippen molar-refractivity contribution in [2.24, 2.45) is 23.2 Å². The van der Waals surface area contributed by atoms with Gasteiger partial charge in [-0.15, -0.1) is 0 Å². The van der Waals surface area contributed by atoms with Gasteiger partial charge in [0.05, 0.1) is 14.2 Å². The van der Waals surface area contributed by atoms with E-state index in [1.165, 1.54) is 52.7 Å². The van der Waals surface area contributed by atoms with Crippen LogP contribution in [0.1, 0.15) is 51.9 Å². The van der Waals surface area contributed by atoms with Crippen molar-refractivity contribution in [3.8, 4) is 11.5 Å². The fourth-order valence-corrected chi connectivity index (χ4v) is 8.10. The van der Waals surface area contributed by atoms with Crippen molar-refractivity contribution in [2.75, 3.05) is 14.2 Å². The summed E-state index contributed by atoms with van der Waals surface area (Å²) in [5, 5.41) is 0. The molecule has 1 aromatic carbocycles. The van der Waals surface area contributed by atoms with Crippen LogP contribution in [0.4, 0.5) is 0 Å². The summed E-state index contributed by atoms with van der Waals surface area (Å²) in [6.45, 7) is 2.11. The molecular formula is C21H31NO4S. The Labute approximate surface area is 162 Å².